The molecule has 0 fully saturated rings. The van der Waals surface area contributed by atoms with Crippen molar-refractivity contribution in [2.24, 2.45) is 23.7 Å². The Hall–Kier alpha value is 0.780. The van der Waals surface area contributed by atoms with Gasteiger partial charge in [-0.15, -0.1) is 9.24 Å². The second-order valence-corrected chi connectivity index (χ2v) is 6.98. The van der Waals surface area contributed by atoms with E-state index in [0.717, 1.165) is 23.4 Å². The predicted molar refractivity (Wildman–Crippen MR) is 83.5 cm³/mol. The molecule has 98 valence electrons. The SMILES string of the molecule is CCC(C)C(S)C(C)C(C)C(C)C(P)CC. The average Bonchev–Trinajstić information content (AvgIpc) is 2.32. The van der Waals surface area contributed by atoms with E-state index in [2.05, 4.69) is 50.8 Å². The van der Waals surface area contributed by atoms with Gasteiger partial charge in [0.15, 0.2) is 0 Å². The maximum Gasteiger partial charge on any atom is 0.00706 e. The lowest BCUT2D eigenvalue weighted by Crippen LogP contribution is -2.31. The fraction of sp³-hybridized carbons (Fsp3) is 1.00. The highest BCUT2D eigenvalue weighted by Crippen LogP contribution is 2.34. The zero-order valence-electron chi connectivity index (χ0n) is 11.9. The Balaban J connectivity index is 4.41. The maximum atomic E-state index is 4.82. The summed E-state index contributed by atoms with van der Waals surface area (Å²) in [6, 6.07) is 0. The minimum atomic E-state index is 0.538. The number of hydrogen-bond donors (Lipinski definition) is 1. The van der Waals surface area contributed by atoms with Crippen LogP contribution in [0.25, 0.3) is 0 Å². The molecule has 7 atom stereocenters. The second-order valence-electron chi connectivity index (χ2n) is 5.53. The van der Waals surface area contributed by atoms with Crippen LogP contribution < -0.4 is 0 Å². The zero-order valence-corrected chi connectivity index (χ0v) is 14.0. The van der Waals surface area contributed by atoms with E-state index < -0.39 is 0 Å². The normalized spacial score (nSPS) is 23.2. The molecule has 0 aromatic rings. The third-order valence-corrected chi connectivity index (χ3v) is 6.63. The first-order valence-corrected chi connectivity index (χ1v) is 7.98. The first-order valence-electron chi connectivity index (χ1n) is 6.80. The minimum Gasteiger partial charge on any atom is -0.175 e. The Morgan fingerprint density at radius 3 is 1.75 bits per heavy atom. The minimum absolute atomic E-state index is 0.538. The lowest BCUT2D eigenvalue weighted by molar-refractivity contribution is 0.241. The topological polar surface area (TPSA) is 0 Å². The van der Waals surface area contributed by atoms with Gasteiger partial charge in [0, 0.05) is 5.25 Å². The van der Waals surface area contributed by atoms with E-state index in [1.807, 2.05) is 0 Å². The molecule has 0 amide bonds. The van der Waals surface area contributed by atoms with Crippen molar-refractivity contribution < 1.29 is 0 Å². The molecule has 2 heteroatoms. The molecule has 0 aromatic heterocycles. The zero-order chi connectivity index (χ0) is 12.9. The molecule has 0 radical (unpaired) electrons. The fourth-order valence-electron chi connectivity index (χ4n) is 2.31. The highest BCUT2D eigenvalue weighted by atomic mass is 32.1. The standard InChI is InChI=1S/C14H31PS/c1-7-9(3)14(16)12(6)10(4)11(5)13(15)8-2/h9-14,16H,7-8,15H2,1-6H3. The Morgan fingerprint density at radius 1 is 0.875 bits per heavy atom. The molecule has 0 N–H and O–H groups in total. The largest absolute Gasteiger partial charge is 0.175 e. The molecule has 0 heterocycles. The van der Waals surface area contributed by atoms with Gasteiger partial charge >= 0.3 is 0 Å². The van der Waals surface area contributed by atoms with Crippen LogP contribution in [0.5, 0.6) is 0 Å². The van der Waals surface area contributed by atoms with Crippen molar-refractivity contribution >= 4 is 21.9 Å². The van der Waals surface area contributed by atoms with E-state index in [-0.39, 0.29) is 0 Å². The van der Waals surface area contributed by atoms with Crippen LogP contribution in [0.3, 0.4) is 0 Å². The predicted octanol–water partition coefficient (Wildman–Crippen LogP) is 4.89. The van der Waals surface area contributed by atoms with Crippen molar-refractivity contribution in [3.8, 4) is 0 Å². The van der Waals surface area contributed by atoms with Crippen LogP contribution in [-0.2, 0) is 0 Å². The van der Waals surface area contributed by atoms with Crippen LogP contribution >= 0.6 is 21.9 Å². The second kappa shape index (κ2) is 7.98. The van der Waals surface area contributed by atoms with Gasteiger partial charge in [-0.05, 0) is 35.8 Å². The summed E-state index contributed by atoms with van der Waals surface area (Å²) in [5, 5.41) is 0.538. The monoisotopic (exact) mass is 262 g/mol. The molecule has 0 aromatic carbocycles. The fourth-order valence-corrected chi connectivity index (χ4v) is 3.14. The van der Waals surface area contributed by atoms with Crippen LogP contribution in [-0.4, -0.2) is 10.9 Å². The highest BCUT2D eigenvalue weighted by Gasteiger charge is 2.28. The van der Waals surface area contributed by atoms with Crippen molar-refractivity contribution in [1.29, 1.82) is 0 Å². The highest BCUT2D eigenvalue weighted by molar-refractivity contribution is 7.81. The summed E-state index contributed by atoms with van der Waals surface area (Å²) in [5.74, 6) is 2.93. The molecule has 16 heavy (non-hydrogen) atoms. The Kier molecular flexibility index (Phi) is 8.37. The number of rotatable bonds is 7. The molecule has 0 rings (SSSR count). The summed E-state index contributed by atoms with van der Waals surface area (Å²) >= 11 is 4.82. The lowest BCUT2D eigenvalue weighted by Gasteiger charge is -2.35. The van der Waals surface area contributed by atoms with Gasteiger partial charge in [-0.1, -0.05) is 48.0 Å². The van der Waals surface area contributed by atoms with Gasteiger partial charge in [-0.25, -0.2) is 0 Å². The van der Waals surface area contributed by atoms with E-state index in [9.17, 15) is 0 Å². The summed E-state index contributed by atoms with van der Waals surface area (Å²) in [7, 11) is 3.01. The van der Waals surface area contributed by atoms with E-state index in [0.29, 0.717) is 11.2 Å². The van der Waals surface area contributed by atoms with Crippen LogP contribution in [0.2, 0.25) is 0 Å². The summed E-state index contributed by atoms with van der Waals surface area (Å²) in [5.41, 5.74) is 0.745. The van der Waals surface area contributed by atoms with Gasteiger partial charge in [0.05, 0.1) is 0 Å². The smallest absolute Gasteiger partial charge is 0.00706 e. The van der Waals surface area contributed by atoms with E-state index >= 15 is 0 Å². The van der Waals surface area contributed by atoms with E-state index in [1.165, 1.54) is 12.8 Å². The number of hydrogen-bond acceptors (Lipinski definition) is 1. The van der Waals surface area contributed by atoms with Crippen LogP contribution in [0.4, 0.5) is 0 Å². The Morgan fingerprint density at radius 2 is 1.38 bits per heavy atom. The quantitative estimate of drug-likeness (QED) is 0.490. The van der Waals surface area contributed by atoms with E-state index in [1.54, 1.807) is 0 Å². The summed E-state index contributed by atoms with van der Waals surface area (Å²) in [4.78, 5) is 0. The molecule has 0 aliphatic carbocycles. The van der Waals surface area contributed by atoms with Crippen molar-refractivity contribution in [3.63, 3.8) is 0 Å². The molecular formula is C14H31PS. The van der Waals surface area contributed by atoms with Crippen molar-refractivity contribution in [3.05, 3.63) is 0 Å². The first-order chi connectivity index (χ1) is 7.36. The summed E-state index contributed by atoms with van der Waals surface area (Å²) in [6.45, 7) is 14.0. The molecule has 0 saturated carbocycles. The Labute approximate surface area is 111 Å². The van der Waals surface area contributed by atoms with Gasteiger partial charge in [0.1, 0.15) is 0 Å². The summed E-state index contributed by atoms with van der Waals surface area (Å²) in [6.07, 6.45) is 2.49. The molecule has 0 aliphatic heterocycles. The molecule has 0 nitrogen and oxygen atoms in total. The first kappa shape index (κ1) is 16.8. The van der Waals surface area contributed by atoms with Gasteiger partial charge in [0.25, 0.3) is 0 Å². The molecule has 0 saturated heterocycles. The van der Waals surface area contributed by atoms with Crippen LogP contribution in [0.1, 0.15) is 54.4 Å². The molecule has 7 unspecified atom stereocenters. The van der Waals surface area contributed by atoms with E-state index in [4.69, 9.17) is 12.6 Å². The van der Waals surface area contributed by atoms with Crippen LogP contribution in [0.15, 0.2) is 0 Å². The van der Waals surface area contributed by atoms with Crippen molar-refractivity contribution in [2.45, 2.75) is 65.3 Å². The third-order valence-electron chi connectivity index (χ3n) is 4.57. The Bertz CT molecular complexity index is 164. The third kappa shape index (κ3) is 4.57. The van der Waals surface area contributed by atoms with Gasteiger partial charge < -0.3 is 0 Å². The molecule has 0 spiro atoms. The van der Waals surface area contributed by atoms with Crippen molar-refractivity contribution in [1.82, 2.24) is 0 Å². The van der Waals surface area contributed by atoms with Gasteiger partial charge in [-0.2, -0.15) is 12.6 Å². The summed E-state index contributed by atoms with van der Waals surface area (Å²) < 4.78 is 0. The van der Waals surface area contributed by atoms with Gasteiger partial charge in [-0.3, -0.25) is 0 Å². The maximum absolute atomic E-state index is 4.82. The lowest BCUT2D eigenvalue weighted by atomic mass is 9.78. The molecule has 0 aliphatic rings. The van der Waals surface area contributed by atoms with Crippen molar-refractivity contribution in [2.75, 3.05) is 0 Å². The van der Waals surface area contributed by atoms with Crippen LogP contribution in [0, 0.1) is 23.7 Å². The molecular weight excluding hydrogens is 231 g/mol. The molecule has 0 bridgehead atoms. The van der Waals surface area contributed by atoms with Gasteiger partial charge in [0.2, 0.25) is 0 Å². The number of thiol groups is 1. The average molecular weight is 262 g/mol.